The Morgan fingerprint density at radius 2 is 1.91 bits per heavy atom. The van der Waals surface area contributed by atoms with E-state index in [1.54, 1.807) is 24.0 Å². The van der Waals surface area contributed by atoms with E-state index < -0.39 is 17.5 Å². The summed E-state index contributed by atoms with van der Waals surface area (Å²) >= 11 is 0. The summed E-state index contributed by atoms with van der Waals surface area (Å²) in [5, 5.41) is 2.61. The van der Waals surface area contributed by atoms with E-state index >= 15 is 0 Å². The molecule has 1 atom stereocenters. The van der Waals surface area contributed by atoms with Gasteiger partial charge in [0, 0.05) is 12.1 Å². The molecule has 2 rings (SSSR count). The second-order valence-electron chi connectivity index (χ2n) is 6.41. The average molecular weight is 321 g/mol. The van der Waals surface area contributed by atoms with Crippen molar-refractivity contribution in [1.82, 2.24) is 15.1 Å². The molecule has 1 aliphatic rings. The minimum atomic E-state index is -1.28. The number of hydrogen-bond acceptors (Lipinski definition) is 4. The molecular formula is C16H23N3O4. The smallest absolute Gasteiger partial charge is 0.325 e. The maximum absolute atomic E-state index is 12.6. The first-order valence-corrected chi connectivity index (χ1v) is 7.67. The number of carbonyl (C=O) groups excluding carboxylic acids is 3. The SMILES string of the molecule is CC(C)N(C(=O)CN1C(=O)NC(C)(c2ccco2)C1=O)C(C)C. The van der Waals surface area contributed by atoms with Crippen LogP contribution in [0.3, 0.4) is 0 Å². The molecule has 1 aliphatic heterocycles. The maximum Gasteiger partial charge on any atom is 0.325 e. The lowest BCUT2D eigenvalue weighted by Crippen LogP contribution is -2.49. The normalized spacial score (nSPS) is 21.3. The first kappa shape index (κ1) is 17.1. The zero-order chi connectivity index (χ0) is 17.4. The van der Waals surface area contributed by atoms with Crippen molar-refractivity contribution >= 4 is 17.8 Å². The molecular weight excluding hydrogens is 298 g/mol. The first-order chi connectivity index (χ1) is 10.7. The molecule has 0 aromatic carbocycles. The van der Waals surface area contributed by atoms with E-state index in [4.69, 9.17) is 4.42 Å². The van der Waals surface area contributed by atoms with Crippen molar-refractivity contribution in [2.45, 2.75) is 52.2 Å². The Balaban J connectivity index is 2.20. The molecule has 0 spiro atoms. The summed E-state index contributed by atoms with van der Waals surface area (Å²) in [6, 6.07) is 2.65. The van der Waals surface area contributed by atoms with Gasteiger partial charge in [-0.2, -0.15) is 0 Å². The van der Waals surface area contributed by atoms with Gasteiger partial charge >= 0.3 is 6.03 Å². The molecule has 4 amide bonds. The van der Waals surface area contributed by atoms with Crippen LogP contribution in [0.5, 0.6) is 0 Å². The molecule has 1 aromatic heterocycles. The van der Waals surface area contributed by atoms with Crippen LogP contribution in [0.2, 0.25) is 0 Å². The summed E-state index contributed by atoms with van der Waals surface area (Å²) in [5.41, 5.74) is -1.28. The number of rotatable bonds is 5. The van der Waals surface area contributed by atoms with E-state index in [1.807, 2.05) is 27.7 Å². The molecule has 1 saturated heterocycles. The Hall–Kier alpha value is -2.31. The fourth-order valence-electron chi connectivity index (χ4n) is 2.96. The highest BCUT2D eigenvalue weighted by molar-refractivity contribution is 6.08. The molecule has 0 aliphatic carbocycles. The summed E-state index contributed by atoms with van der Waals surface area (Å²) in [7, 11) is 0. The predicted octanol–water partition coefficient (Wildman–Crippen LogP) is 1.69. The van der Waals surface area contributed by atoms with Gasteiger partial charge in [0.15, 0.2) is 5.54 Å². The van der Waals surface area contributed by atoms with E-state index in [1.165, 1.54) is 6.26 Å². The lowest BCUT2D eigenvalue weighted by atomic mass is 9.99. The number of urea groups is 1. The maximum atomic E-state index is 12.6. The monoisotopic (exact) mass is 321 g/mol. The fraction of sp³-hybridized carbons (Fsp3) is 0.562. The quantitative estimate of drug-likeness (QED) is 0.837. The van der Waals surface area contributed by atoms with E-state index in [2.05, 4.69) is 5.32 Å². The van der Waals surface area contributed by atoms with E-state index in [-0.39, 0.29) is 24.5 Å². The molecule has 7 heteroatoms. The third kappa shape index (κ3) is 2.95. The minimum Gasteiger partial charge on any atom is -0.466 e. The van der Waals surface area contributed by atoms with Crippen molar-refractivity contribution in [3.63, 3.8) is 0 Å². The molecule has 7 nitrogen and oxygen atoms in total. The van der Waals surface area contributed by atoms with Gasteiger partial charge in [-0.1, -0.05) is 0 Å². The van der Waals surface area contributed by atoms with Crippen molar-refractivity contribution < 1.29 is 18.8 Å². The van der Waals surface area contributed by atoms with Gasteiger partial charge in [0.1, 0.15) is 12.3 Å². The average Bonchev–Trinajstić information content (AvgIpc) is 3.03. The van der Waals surface area contributed by atoms with E-state index in [9.17, 15) is 14.4 Å². The topological polar surface area (TPSA) is 82.9 Å². The van der Waals surface area contributed by atoms with Crippen molar-refractivity contribution in [2.24, 2.45) is 0 Å². The highest BCUT2D eigenvalue weighted by Gasteiger charge is 2.51. The van der Waals surface area contributed by atoms with E-state index in [0.717, 1.165) is 4.90 Å². The molecule has 0 bridgehead atoms. The lowest BCUT2D eigenvalue weighted by Gasteiger charge is -2.31. The third-order valence-electron chi connectivity index (χ3n) is 3.98. The third-order valence-corrected chi connectivity index (χ3v) is 3.98. The van der Waals surface area contributed by atoms with Crippen molar-refractivity contribution in [2.75, 3.05) is 6.54 Å². The molecule has 126 valence electrons. The highest BCUT2D eigenvalue weighted by atomic mass is 16.3. The van der Waals surface area contributed by atoms with Crippen LogP contribution in [-0.2, 0) is 15.1 Å². The summed E-state index contributed by atoms with van der Waals surface area (Å²) in [6.45, 7) is 8.89. The summed E-state index contributed by atoms with van der Waals surface area (Å²) in [5.74, 6) is -0.407. The van der Waals surface area contributed by atoms with Crippen molar-refractivity contribution in [3.05, 3.63) is 24.2 Å². The summed E-state index contributed by atoms with van der Waals surface area (Å²) in [6.07, 6.45) is 1.44. The number of hydrogen-bond donors (Lipinski definition) is 1. The zero-order valence-electron chi connectivity index (χ0n) is 14.1. The molecule has 0 radical (unpaired) electrons. The number of amides is 4. The summed E-state index contributed by atoms with van der Waals surface area (Å²) in [4.78, 5) is 39.9. The predicted molar refractivity (Wildman–Crippen MR) is 83.4 cm³/mol. The number of furan rings is 1. The Bertz CT molecular complexity index is 601. The highest BCUT2D eigenvalue weighted by Crippen LogP contribution is 2.29. The van der Waals surface area contributed by atoms with Crippen LogP contribution in [0.25, 0.3) is 0 Å². The van der Waals surface area contributed by atoms with Crippen LogP contribution in [0.4, 0.5) is 4.79 Å². The lowest BCUT2D eigenvalue weighted by molar-refractivity contribution is -0.141. The molecule has 2 heterocycles. The largest absolute Gasteiger partial charge is 0.466 e. The van der Waals surface area contributed by atoms with Gasteiger partial charge in [-0.15, -0.1) is 0 Å². The number of nitrogens with zero attached hydrogens (tertiary/aromatic N) is 2. The van der Waals surface area contributed by atoms with Gasteiger partial charge in [-0.3, -0.25) is 14.5 Å². The fourth-order valence-corrected chi connectivity index (χ4v) is 2.96. The molecule has 23 heavy (non-hydrogen) atoms. The van der Waals surface area contributed by atoms with Crippen molar-refractivity contribution in [3.8, 4) is 0 Å². The van der Waals surface area contributed by atoms with Gasteiger partial charge in [0.2, 0.25) is 5.91 Å². The Labute approximate surface area is 135 Å². The van der Waals surface area contributed by atoms with Gasteiger partial charge in [0.25, 0.3) is 5.91 Å². The molecule has 0 saturated carbocycles. The van der Waals surface area contributed by atoms with Crippen molar-refractivity contribution in [1.29, 1.82) is 0 Å². The van der Waals surface area contributed by atoms with Crippen LogP contribution in [0.15, 0.2) is 22.8 Å². The van der Waals surface area contributed by atoms with Gasteiger partial charge < -0.3 is 14.6 Å². The second-order valence-corrected chi connectivity index (χ2v) is 6.41. The van der Waals surface area contributed by atoms with Crippen LogP contribution in [0.1, 0.15) is 40.4 Å². The first-order valence-electron chi connectivity index (χ1n) is 7.67. The molecule has 1 unspecified atom stereocenters. The summed E-state index contributed by atoms with van der Waals surface area (Å²) < 4.78 is 5.26. The Morgan fingerprint density at radius 1 is 1.30 bits per heavy atom. The van der Waals surface area contributed by atoms with Crippen LogP contribution in [0, 0.1) is 0 Å². The molecule has 1 aromatic rings. The van der Waals surface area contributed by atoms with Gasteiger partial charge in [0.05, 0.1) is 6.26 Å². The molecule has 1 N–H and O–H groups in total. The number of imide groups is 1. The van der Waals surface area contributed by atoms with Gasteiger partial charge in [-0.25, -0.2) is 4.79 Å². The second kappa shape index (κ2) is 6.06. The standard InChI is InChI=1S/C16H23N3O4/c1-10(2)19(11(3)4)13(20)9-18-14(21)16(5,17-15(18)22)12-7-6-8-23-12/h6-8,10-11H,9H2,1-5H3,(H,17,22). The zero-order valence-corrected chi connectivity index (χ0v) is 14.1. The Kier molecular flexibility index (Phi) is 4.49. The Morgan fingerprint density at radius 3 is 2.39 bits per heavy atom. The minimum absolute atomic E-state index is 0.0141. The van der Waals surface area contributed by atoms with Crippen LogP contribution < -0.4 is 5.32 Å². The van der Waals surface area contributed by atoms with Gasteiger partial charge in [-0.05, 0) is 46.8 Å². The number of carbonyl (C=O) groups is 3. The van der Waals surface area contributed by atoms with Crippen LogP contribution >= 0.6 is 0 Å². The van der Waals surface area contributed by atoms with E-state index in [0.29, 0.717) is 5.76 Å². The molecule has 1 fully saturated rings. The number of nitrogens with one attached hydrogen (secondary N) is 1. The van der Waals surface area contributed by atoms with Crippen LogP contribution in [-0.4, -0.2) is 46.3 Å².